The molecule has 1 aromatic heterocycles. The first-order chi connectivity index (χ1) is 14.0. The van der Waals surface area contributed by atoms with E-state index in [-0.39, 0.29) is 17.7 Å². The summed E-state index contributed by atoms with van der Waals surface area (Å²) >= 11 is 0. The molecule has 0 radical (unpaired) electrons. The molecule has 1 atom stereocenters. The van der Waals surface area contributed by atoms with Gasteiger partial charge < -0.3 is 10.2 Å². The number of aromatic nitrogens is 2. The fourth-order valence-electron chi connectivity index (χ4n) is 4.01. The van der Waals surface area contributed by atoms with E-state index in [0.29, 0.717) is 19.0 Å². The summed E-state index contributed by atoms with van der Waals surface area (Å²) < 4.78 is 0. The molecule has 0 bridgehead atoms. The van der Waals surface area contributed by atoms with E-state index in [1.54, 1.807) is 0 Å². The Hall–Kier alpha value is -2.76. The summed E-state index contributed by atoms with van der Waals surface area (Å²) in [6.07, 6.45) is 4.41. The highest BCUT2D eigenvalue weighted by Gasteiger charge is 2.28. The van der Waals surface area contributed by atoms with Crippen LogP contribution in [0.2, 0.25) is 0 Å². The van der Waals surface area contributed by atoms with Gasteiger partial charge in [0.25, 0.3) is 5.91 Å². The molecule has 2 fully saturated rings. The summed E-state index contributed by atoms with van der Waals surface area (Å²) in [6, 6.07) is 9.78. The number of benzene rings is 1. The van der Waals surface area contributed by atoms with E-state index in [1.165, 1.54) is 0 Å². The first kappa shape index (κ1) is 19.6. The molecule has 2 heterocycles. The topological polar surface area (TPSA) is 75.2 Å². The summed E-state index contributed by atoms with van der Waals surface area (Å²) in [5, 5.41) is 3.03. The van der Waals surface area contributed by atoms with E-state index in [1.807, 2.05) is 49.1 Å². The molecule has 6 heteroatoms. The number of rotatable bonds is 5. The van der Waals surface area contributed by atoms with Crippen LogP contribution in [0.5, 0.6) is 0 Å². The molecule has 6 nitrogen and oxygen atoms in total. The monoisotopic (exact) mass is 392 g/mol. The normalized spacial score (nSPS) is 19.1. The van der Waals surface area contributed by atoms with E-state index in [4.69, 9.17) is 9.97 Å². The average molecular weight is 393 g/mol. The first-order valence-electron chi connectivity index (χ1n) is 10.5. The van der Waals surface area contributed by atoms with Crippen LogP contribution in [0.4, 0.5) is 0 Å². The number of hydrogen-bond acceptors (Lipinski definition) is 4. The Bertz CT molecular complexity index is 885. The molecular weight excluding hydrogens is 364 g/mol. The third kappa shape index (κ3) is 4.63. The van der Waals surface area contributed by atoms with Crippen LogP contribution in [0.25, 0.3) is 0 Å². The molecule has 29 heavy (non-hydrogen) atoms. The van der Waals surface area contributed by atoms with Gasteiger partial charge in [0.05, 0.1) is 6.42 Å². The molecule has 2 aliphatic rings. The first-order valence-corrected chi connectivity index (χ1v) is 10.5. The molecule has 2 aromatic rings. The minimum atomic E-state index is 0.0485. The van der Waals surface area contributed by atoms with Crippen molar-refractivity contribution in [3.05, 3.63) is 58.7 Å². The fraction of sp³-hybridized carbons (Fsp3) is 0.478. The summed E-state index contributed by atoms with van der Waals surface area (Å²) in [7, 11) is 0. The number of likely N-dealkylation sites (tertiary alicyclic amines) is 1. The summed E-state index contributed by atoms with van der Waals surface area (Å²) in [4.78, 5) is 36.4. The third-order valence-corrected chi connectivity index (χ3v) is 5.81. The molecular formula is C23H28N4O2. The maximum absolute atomic E-state index is 12.8. The number of nitrogens with zero attached hydrogens (tertiary/aromatic N) is 3. The van der Waals surface area contributed by atoms with Crippen LogP contribution < -0.4 is 5.32 Å². The Morgan fingerprint density at radius 2 is 1.76 bits per heavy atom. The minimum absolute atomic E-state index is 0.0485. The maximum atomic E-state index is 12.8. The quantitative estimate of drug-likeness (QED) is 0.849. The van der Waals surface area contributed by atoms with Gasteiger partial charge in [-0.1, -0.05) is 18.2 Å². The van der Waals surface area contributed by atoms with Crippen LogP contribution >= 0.6 is 0 Å². The van der Waals surface area contributed by atoms with Crippen LogP contribution in [0.15, 0.2) is 30.3 Å². The largest absolute Gasteiger partial charge is 0.353 e. The maximum Gasteiger partial charge on any atom is 0.253 e. The summed E-state index contributed by atoms with van der Waals surface area (Å²) in [5.41, 5.74) is 3.37. The molecule has 1 saturated carbocycles. The van der Waals surface area contributed by atoms with Gasteiger partial charge in [-0.25, -0.2) is 9.97 Å². The van der Waals surface area contributed by atoms with Gasteiger partial charge in [-0.15, -0.1) is 0 Å². The highest BCUT2D eigenvalue weighted by Crippen LogP contribution is 2.27. The van der Waals surface area contributed by atoms with Crippen molar-refractivity contribution in [1.29, 1.82) is 0 Å². The number of aryl methyl sites for hydroxylation is 2. The predicted octanol–water partition coefficient (Wildman–Crippen LogP) is 2.93. The summed E-state index contributed by atoms with van der Waals surface area (Å²) in [5.74, 6) is 1.03. The standard InChI is InChI=1S/C23H28N4O2/c1-15-20(13-21(28)26-19-10-11-19)16(2)25-22(24-15)18-9-6-12-27(14-18)23(29)17-7-4-3-5-8-17/h3-5,7-8,18-19H,6,9-14H2,1-2H3,(H,26,28)/t18-/m0/s1. The van der Waals surface area contributed by atoms with Gasteiger partial charge in [0.2, 0.25) is 5.91 Å². The lowest BCUT2D eigenvalue weighted by Crippen LogP contribution is -2.39. The lowest BCUT2D eigenvalue weighted by atomic mass is 9.95. The van der Waals surface area contributed by atoms with E-state index >= 15 is 0 Å². The van der Waals surface area contributed by atoms with Gasteiger partial charge >= 0.3 is 0 Å². The Kier molecular flexibility index (Phi) is 5.60. The molecule has 1 saturated heterocycles. The van der Waals surface area contributed by atoms with Gasteiger partial charge in [-0.05, 0) is 51.7 Å². The van der Waals surface area contributed by atoms with Crippen molar-refractivity contribution in [2.24, 2.45) is 0 Å². The van der Waals surface area contributed by atoms with Crippen molar-refractivity contribution in [2.45, 2.75) is 57.9 Å². The van der Waals surface area contributed by atoms with Crippen molar-refractivity contribution in [3.63, 3.8) is 0 Å². The zero-order valence-electron chi connectivity index (χ0n) is 17.1. The molecule has 0 unspecified atom stereocenters. The molecule has 4 rings (SSSR count). The highest BCUT2D eigenvalue weighted by molar-refractivity contribution is 5.94. The molecule has 1 N–H and O–H groups in total. The van der Waals surface area contributed by atoms with E-state index in [2.05, 4.69) is 5.32 Å². The van der Waals surface area contributed by atoms with Crippen LogP contribution in [-0.2, 0) is 11.2 Å². The third-order valence-electron chi connectivity index (χ3n) is 5.81. The average Bonchev–Trinajstić information content (AvgIpc) is 3.54. The number of piperidine rings is 1. The van der Waals surface area contributed by atoms with Crippen molar-refractivity contribution >= 4 is 11.8 Å². The number of nitrogens with one attached hydrogen (secondary N) is 1. The summed E-state index contributed by atoms with van der Waals surface area (Å²) in [6.45, 7) is 5.30. The van der Waals surface area contributed by atoms with E-state index in [0.717, 1.165) is 60.6 Å². The zero-order chi connectivity index (χ0) is 20.4. The van der Waals surface area contributed by atoms with Crippen molar-refractivity contribution in [1.82, 2.24) is 20.2 Å². The van der Waals surface area contributed by atoms with Gasteiger partial charge in [0, 0.05) is 47.6 Å². The van der Waals surface area contributed by atoms with E-state index < -0.39 is 0 Å². The lowest BCUT2D eigenvalue weighted by Gasteiger charge is -2.32. The van der Waals surface area contributed by atoms with Crippen LogP contribution in [0.3, 0.4) is 0 Å². The Labute approximate surface area is 171 Å². The molecule has 1 aliphatic carbocycles. The number of carbonyl (C=O) groups is 2. The van der Waals surface area contributed by atoms with Gasteiger partial charge in [0.1, 0.15) is 5.82 Å². The second-order valence-corrected chi connectivity index (χ2v) is 8.21. The van der Waals surface area contributed by atoms with Crippen molar-refractivity contribution < 1.29 is 9.59 Å². The zero-order valence-corrected chi connectivity index (χ0v) is 17.1. The van der Waals surface area contributed by atoms with Crippen LogP contribution in [-0.4, -0.2) is 45.8 Å². The predicted molar refractivity (Wildman–Crippen MR) is 111 cm³/mol. The smallest absolute Gasteiger partial charge is 0.253 e. The second-order valence-electron chi connectivity index (χ2n) is 8.21. The molecule has 152 valence electrons. The van der Waals surface area contributed by atoms with Crippen molar-refractivity contribution in [2.75, 3.05) is 13.1 Å². The lowest BCUT2D eigenvalue weighted by molar-refractivity contribution is -0.120. The Balaban J connectivity index is 1.47. The Morgan fingerprint density at radius 3 is 2.41 bits per heavy atom. The van der Waals surface area contributed by atoms with Gasteiger partial charge in [-0.3, -0.25) is 9.59 Å². The number of amides is 2. The van der Waals surface area contributed by atoms with Crippen LogP contribution in [0.1, 0.15) is 64.7 Å². The Morgan fingerprint density at radius 1 is 1.07 bits per heavy atom. The minimum Gasteiger partial charge on any atom is -0.353 e. The van der Waals surface area contributed by atoms with Gasteiger partial charge in [-0.2, -0.15) is 0 Å². The van der Waals surface area contributed by atoms with Crippen LogP contribution in [0, 0.1) is 13.8 Å². The van der Waals surface area contributed by atoms with E-state index in [9.17, 15) is 9.59 Å². The number of carbonyl (C=O) groups excluding carboxylic acids is 2. The number of hydrogen-bond donors (Lipinski definition) is 1. The second kappa shape index (κ2) is 8.31. The molecule has 1 aliphatic heterocycles. The van der Waals surface area contributed by atoms with Gasteiger partial charge in [0.15, 0.2) is 0 Å². The SMILES string of the molecule is Cc1nc([C@H]2CCCN(C(=O)c3ccccc3)C2)nc(C)c1CC(=O)NC1CC1. The molecule has 2 amide bonds. The molecule has 1 aromatic carbocycles. The fourth-order valence-corrected chi connectivity index (χ4v) is 4.01. The van der Waals surface area contributed by atoms with Crippen molar-refractivity contribution in [3.8, 4) is 0 Å². The highest BCUT2D eigenvalue weighted by atomic mass is 16.2. The molecule has 0 spiro atoms.